The van der Waals surface area contributed by atoms with Crippen molar-refractivity contribution in [2.24, 2.45) is 0 Å². The molecule has 0 aliphatic carbocycles. The monoisotopic (exact) mass is 322 g/mol. The normalized spacial score (nSPS) is 20.7. The van der Waals surface area contributed by atoms with E-state index in [9.17, 15) is 4.79 Å². The van der Waals surface area contributed by atoms with Gasteiger partial charge in [-0.05, 0) is 13.8 Å². The highest BCUT2D eigenvalue weighted by molar-refractivity contribution is 7.09. The molecule has 0 aromatic carbocycles. The van der Waals surface area contributed by atoms with Crippen molar-refractivity contribution < 1.29 is 14.1 Å². The predicted octanol–water partition coefficient (Wildman–Crippen LogP) is 1.84. The maximum absolute atomic E-state index is 12.3. The van der Waals surface area contributed by atoms with E-state index in [1.165, 1.54) is 0 Å². The van der Waals surface area contributed by atoms with Gasteiger partial charge in [-0.15, -0.1) is 11.3 Å². The van der Waals surface area contributed by atoms with Crippen LogP contribution in [0.1, 0.15) is 23.8 Å². The molecule has 2 aromatic heterocycles. The van der Waals surface area contributed by atoms with Gasteiger partial charge in [0, 0.05) is 30.7 Å². The molecule has 0 bridgehead atoms. The summed E-state index contributed by atoms with van der Waals surface area (Å²) in [6, 6.07) is 1.42. The first-order chi connectivity index (χ1) is 10.6. The van der Waals surface area contributed by atoms with Crippen LogP contribution in [0, 0.1) is 6.92 Å². The minimum absolute atomic E-state index is 0.0710. The number of thiazole rings is 1. The average molecular weight is 322 g/mol. The Bertz CT molecular complexity index is 628. The van der Waals surface area contributed by atoms with Gasteiger partial charge >= 0.3 is 0 Å². The second-order valence-electron chi connectivity index (χ2n) is 5.21. The first kappa shape index (κ1) is 15.1. The Hall–Kier alpha value is -1.77. The van der Waals surface area contributed by atoms with Crippen LogP contribution >= 0.6 is 11.3 Å². The molecule has 1 aliphatic rings. The zero-order chi connectivity index (χ0) is 15.5. The average Bonchev–Trinajstić information content (AvgIpc) is 3.18. The number of carbonyl (C=O) groups is 1. The van der Waals surface area contributed by atoms with Crippen molar-refractivity contribution in [2.75, 3.05) is 25.0 Å². The van der Waals surface area contributed by atoms with Crippen molar-refractivity contribution in [2.45, 2.75) is 26.0 Å². The molecule has 1 fully saturated rings. The minimum atomic E-state index is -0.275. The van der Waals surface area contributed by atoms with Gasteiger partial charge in [-0.2, -0.15) is 0 Å². The summed E-state index contributed by atoms with van der Waals surface area (Å²) >= 11 is 1.57. The van der Waals surface area contributed by atoms with Crippen molar-refractivity contribution in [1.29, 1.82) is 0 Å². The molecule has 0 spiro atoms. The van der Waals surface area contributed by atoms with E-state index in [2.05, 4.69) is 20.4 Å². The van der Waals surface area contributed by atoms with Crippen LogP contribution < -0.4 is 5.32 Å². The molecule has 7 nitrogen and oxygen atoms in total. The molecular weight excluding hydrogens is 304 g/mol. The summed E-state index contributed by atoms with van der Waals surface area (Å²) in [4.78, 5) is 18.7. The number of anilines is 1. The van der Waals surface area contributed by atoms with Gasteiger partial charge < -0.3 is 14.6 Å². The number of carbonyl (C=O) groups excluding carboxylic acids is 1. The van der Waals surface area contributed by atoms with Crippen molar-refractivity contribution in [3.63, 3.8) is 0 Å². The summed E-state index contributed by atoms with van der Waals surface area (Å²) in [7, 11) is 0. The van der Waals surface area contributed by atoms with Gasteiger partial charge in [-0.1, -0.05) is 5.16 Å². The Labute approximate surface area is 132 Å². The van der Waals surface area contributed by atoms with Gasteiger partial charge in [0.25, 0.3) is 0 Å². The van der Waals surface area contributed by atoms with E-state index in [1.807, 2.05) is 12.3 Å². The number of morpholine rings is 1. The van der Waals surface area contributed by atoms with Crippen LogP contribution in [0.2, 0.25) is 0 Å². The molecule has 1 N–H and O–H groups in total. The lowest BCUT2D eigenvalue weighted by Crippen LogP contribution is -2.48. The molecule has 0 radical (unpaired) electrons. The predicted molar refractivity (Wildman–Crippen MR) is 81.7 cm³/mol. The number of hydrogen-bond acceptors (Lipinski definition) is 7. The number of aryl methyl sites for hydroxylation is 1. The van der Waals surface area contributed by atoms with E-state index in [0.717, 1.165) is 5.01 Å². The largest absolute Gasteiger partial charge is 0.368 e. The van der Waals surface area contributed by atoms with Gasteiger partial charge in [0.15, 0.2) is 5.82 Å². The van der Waals surface area contributed by atoms with Crippen LogP contribution in [0.5, 0.6) is 0 Å². The molecule has 2 atom stereocenters. The van der Waals surface area contributed by atoms with Crippen LogP contribution in [0.3, 0.4) is 0 Å². The molecule has 22 heavy (non-hydrogen) atoms. The van der Waals surface area contributed by atoms with Gasteiger partial charge in [0.1, 0.15) is 16.9 Å². The molecular formula is C14H18N4O3S. The fourth-order valence-electron chi connectivity index (χ4n) is 2.39. The van der Waals surface area contributed by atoms with Crippen LogP contribution in [0.25, 0.3) is 0 Å². The summed E-state index contributed by atoms with van der Waals surface area (Å²) in [6.45, 7) is 5.62. The second-order valence-corrected chi connectivity index (χ2v) is 6.14. The van der Waals surface area contributed by atoms with Crippen LogP contribution in [-0.2, 0) is 9.53 Å². The van der Waals surface area contributed by atoms with Gasteiger partial charge in [0.2, 0.25) is 5.91 Å². The lowest BCUT2D eigenvalue weighted by atomic mass is 10.2. The fraction of sp³-hybridized carbons (Fsp3) is 0.500. The maximum atomic E-state index is 12.3. The summed E-state index contributed by atoms with van der Waals surface area (Å²) in [5.74, 6) is 1.00. The summed E-state index contributed by atoms with van der Waals surface area (Å²) in [5, 5.41) is 9.43. The topological polar surface area (TPSA) is 80.5 Å². The van der Waals surface area contributed by atoms with E-state index in [0.29, 0.717) is 31.3 Å². The van der Waals surface area contributed by atoms with Crippen LogP contribution in [0.15, 0.2) is 22.2 Å². The Morgan fingerprint density at radius 1 is 1.59 bits per heavy atom. The number of nitrogens with one attached hydrogen (secondary N) is 1. The molecule has 8 heteroatoms. The van der Waals surface area contributed by atoms with E-state index in [4.69, 9.17) is 9.26 Å². The number of nitrogens with zero attached hydrogens (tertiary/aromatic N) is 3. The van der Waals surface area contributed by atoms with E-state index in [1.54, 1.807) is 30.5 Å². The van der Waals surface area contributed by atoms with Gasteiger partial charge in [-0.25, -0.2) is 4.98 Å². The summed E-state index contributed by atoms with van der Waals surface area (Å²) < 4.78 is 10.7. The van der Waals surface area contributed by atoms with E-state index in [-0.39, 0.29) is 18.1 Å². The summed E-state index contributed by atoms with van der Waals surface area (Å²) in [6.07, 6.45) is 1.70. The Balaban J connectivity index is 1.61. The molecule has 118 valence electrons. The molecule has 1 aliphatic heterocycles. The standard InChI is InChI=1S/C14H18N4O3S/c1-9-7-12(17-21-9)16-13(19)10(2)18-4-5-20-11(8-18)14-15-3-6-22-14/h3,6-7,10-11H,4-5,8H2,1-2H3,(H,16,17,19)/t10-,11-/m1/s1. The highest BCUT2D eigenvalue weighted by atomic mass is 32.1. The Morgan fingerprint density at radius 2 is 2.45 bits per heavy atom. The smallest absolute Gasteiger partial charge is 0.242 e. The molecule has 2 aromatic rings. The SMILES string of the molecule is Cc1cc(NC(=O)[C@@H](C)N2CCO[C@@H](c3nccs3)C2)no1. The van der Waals surface area contributed by atoms with Crippen LogP contribution in [-0.4, -0.2) is 46.7 Å². The molecule has 0 unspecified atom stereocenters. The zero-order valence-electron chi connectivity index (χ0n) is 12.5. The Kier molecular flexibility index (Phi) is 4.51. The molecule has 1 saturated heterocycles. The lowest BCUT2D eigenvalue weighted by molar-refractivity contribution is -0.124. The van der Waals surface area contributed by atoms with E-state index < -0.39 is 0 Å². The zero-order valence-corrected chi connectivity index (χ0v) is 13.3. The van der Waals surface area contributed by atoms with Crippen molar-refractivity contribution >= 4 is 23.1 Å². The molecule has 3 rings (SSSR count). The first-order valence-electron chi connectivity index (χ1n) is 7.12. The number of aromatic nitrogens is 2. The quantitative estimate of drug-likeness (QED) is 0.925. The third-order valence-electron chi connectivity index (χ3n) is 3.63. The van der Waals surface area contributed by atoms with Crippen LogP contribution in [0.4, 0.5) is 5.82 Å². The summed E-state index contributed by atoms with van der Waals surface area (Å²) in [5.41, 5.74) is 0. The number of ether oxygens (including phenoxy) is 1. The van der Waals surface area contributed by atoms with Crippen molar-refractivity contribution in [3.05, 3.63) is 28.4 Å². The van der Waals surface area contributed by atoms with Gasteiger partial charge in [-0.3, -0.25) is 9.69 Å². The van der Waals surface area contributed by atoms with Crippen molar-refractivity contribution in [1.82, 2.24) is 15.0 Å². The minimum Gasteiger partial charge on any atom is -0.368 e. The third-order valence-corrected chi connectivity index (χ3v) is 4.50. The lowest BCUT2D eigenvalue weighted by Gasteiger charge is -2.35. The highest BCUT2D eigenvalue weighted by Gasteiger charge is 2.30. The van der Waals surface area contributed by atoms with Gasteiger partial charge in [0.05, 0.1) is 12.6 Å². The molecule has 0 saturated carbocycles. The number of hydrogen-bond donors (Lipinski definition) is 1. The number of rotatable bonds is 4. The second kappa shape index (κ2) is 6.55. The first-order valence-corrected chi connectivity index (χ1v) is 8.00. The third kappa shape index (κ3) is 3.34. The molecule has 3 heterocycles. The highest BCUT2D eigenvalue weighted by Crippen LogP contribution is 2.25. The maximum Gasteiger partial charge on any atom is 0.242 e. The van der Waals surface area contributed by atoms with E-state index >= 15 is 0 Å². The Morgan fingerprint density at radius 3 is 3.14 bits per heavy atom. The fourth-order valence-corrected chi connectivity index (χ4v) is 3.06. The number of amides is 1. The van der Waals surface area contributed by atoms with Crippen molar-refractivity contribution in [3.8, 4) is 0 Å². The molecule has 1 amide bonds.